The van der Waals surface area contributed by atoms with E-state index >= 15 is 0 Å². The molecule has 18 heavy (non-hydrogen) atoms. The lowest BCUT2D eigenvalue weighted by atomic mass is 10.1. The zero-order valence-electron chi connectivity index (χ0n) is 11.2. The average molecular weight is 252 g/mol. The Morgan fingerprint density at radius 3 is 2.78 bits per heavy atom. The smallest absolute Gasteiger partial charge is 0.221 e. The van der Waals surface area contributed by atoms with Crippen LogP contribution < -0.4 is 10.6 Å². The molecule has 0 bridgehead atoms. The standard InChI is InChI=1S/C14H21FN2O/c1-4-5-10(2)9-16-14-8-12(17-11(3)18)6-7-13(14)15/h6-8,10,16H,4-5,9H2,1-3H3,(H,17,18). The van der Waals surface area contributed by atoms with Gasteiger partial charge in [-0.1, -0.05) is 20.3 Å². The molecule has 0 fully saturated rings. The summed E-state index contributed by atoms with van der Waals surface area (Å²) in [4.78, 5) is 10.9. The number of amides is 1. The molecular weight excluding hydrogens is 231 g/mol. The first-order chi connectivity index (χ1) is 8.52. The third-order valence-electron chi connectivity index (χ3n) is 2.71. The van der Waals surface area contributed by atoms with E-state index in [9.17, 15) is 9.18 Å². The molecular formula is C14H21FN2O. The van der Waals surface area contributed by atoms with Crippen molar-refractivity contribution in [1.82, 2.24) is 0 Å². The van der Waals surface area contributed by atoms with Crippen molar-refractivity contribution in [3.8, 4) is 0 Å². The van der Waals surface area contributed by atoms with Crippen molar-refractivity contribution in [1.29, 1.82) is 0 Å². The lowest BCUT2D eigenvalue weighted by Crippen LogP contribution is -2.12. The quantitative estimate of drug-likeness (QED) is 0.811. The third-order valence-corrected chi connectivity index (χ3v) is 2.71. The van der Waals surface area contributed by atoms with E-state index in [1.165, 1.54) is 13.0 Å². The van der Waals surface area contributed by atoms with Crippen LogP contribution >= 0.6 is 0 Å². The van der Waals surface area contributed by atoms with Gasteiger partial charge in [-0.2, -0.15) is 0 Å². The Labute approximate surface area is 108 Å². The van der Waals surface area contributed by atoms with E-state index in [1.54, 1.807) is 12.1 Å². The number of carbonyl (C=O) groups excluding carboxylic acids is 1. The summed E-state index contributed by atoms with van der Waals surface area (Å²) < 4.78 is 13.6. The molecule has 3 nitrogen and oxygen atoms in total. The predicted octanol–water partition coefficient (Wildman–Crippen LogP) is 3.63. The number of benzene rings is 1. The monoisotopic (exact) mass is 252 g/mol. The number of carbonyl (C=O) groups is 1. The number of hydrogen-bond donors (Lipinski definition) is 2. The number of hydrogen-bond acceptors (Lipinski definition) is 2. The fraction of sp³-hybridized carbons (Fsp3) is 0.500. The molecule has 0 aliphatic carbocycles. The second-order valence-corrected chi connectivity index (χ2v) is 4.65. The topological polar surface area (TPSA) is 41.1 Å². The highest BCUT2D eigenvalue weighted by molar-refractivity contribution is 5.89. The molecule has 0 aromatic heterocycles. The van der Waals surface area contributed by atoms with E-state index in [1.807, 2.05) is 0 Å². The fourth-order valence-electron chi connectivity index (χ4n) is 1.82. The van der Waals surface area contributed by atoms with Crippen LogP contribution in [0, 0.1) is 11.7 Å². The normalized spacial score (nSPS) is 12.0. The summed E-state index contributed by atoms with van der Waals surface area (Å²) in [5.74, 6) is 0.0403. The minimum absolute atomic E-state index is 0.160. The van der Waals surface area contributed by atoms with Crippen LogP contribution in [0.2, 0.25) is 0 Å². The van der Waals surface area contributed by atoms with Crippen molar-refractivity contribution in [3.05, 3.63) is 24.0 Å². The Kier molecular flexibility index (Phi) is 5.62. The SMILES string of the molecule is CCCC(C)CNc1cc(NC(C)=O)ccc1F. The largest absolute Gasteiger partial charge is 0.382 e. The summed E-state index contributed by atoms with van der Waals surface area (Å²) in [7, 11) is 0. The maximum absolute atomic E-state index is 13.6. The highest BCUT2D eigenvalue weighted by Gasteiger charge is 2.06. The molecule has 1 unspecified atom stereocenters. The maximum Gasteiger partial charge on any atom is 0.221 e. The third kappa shape index (κ3) is 4.73. The van der Waals surface area contributed by atoms with Gasteiger partial charge in [-0.05, 0) is 30.5 Å². The van der Waals surface area contributed by atoms with Crippen molar-refractivity contribution in [2.24, 2.45) is 5.92 Å². The van der Waals surface area contributed by atoms with Crippen LogP contribution in [0.15, 0.2) is 18.2 Å². The van der Waals surface area contributed by atoms with Gasteiger partial charge in [-0.15, -0.1) is 0 Å². The summed E-state index contributed by atoms with van der Waals surface area (Å²) in [5.41, 5.74) is 1.04. The van der Waals surface area contributed by atoms with Gasteiger partial charge in [0.25, 0.3) is 0 Å². The van der Waals surface area contributed by atoms with Gasteiger partial charge in [0.2, 0.25) is 5.91 Å². The van der Waals surface area contributed by atoms with Crippen molar-refractivity contribution in [3.63, 3.8) is 0 Å². The van der Waals surface area contributed by atoms with E-state index in [0.717, 1.165) is 19.4 Å². The molecule has 4 heteroatoms. The Balaban J connectivity index is 2.66. The van der Waals surface area contributed by atoms with Crippen LogP contribution in [-0.2, 0) is 4.79 Å². The van der Waals surface area contributed by atoms with Crippen molar-refractivity contribution in [2.45, 2.75) is 33.6 Å². The van der Waals surface area contributed by atoms with Crippen LogP contribution in [0.5, 0.6) is 0 Å². The molecule has 0 heterocycles. The molecule has 0 radical (unpaired) electrons. The lowest BCUT2D eigenvalue weighted by Gasteiger charge is -2.14. The second-order valence-electron chi connectivity index (χ2n) is 4.65. The van der Waals surface area contributed by atoms with Crippen LogP contribution in [0.4, 0.5) is 15.8 Å². The van der Waals surface area contributed by atoms with Crippen LogP contribution in [0.3, 0.4) is 0 Å². The molecule has 0 saturated heterocycles. The average Bonchev–Trinajstić information content (AvgIpc) is 2.29. The number of anilines is 2. The van der Waals surface area contributed by atoms with Gasteiger partial charge in [0.05, 0.1) is 5.69 Å². The molecule has 1 aromatic rings. The van der Waals surface area contributed by atoms with Gasteiger partial charge < -0.3 is 10.6 Å². The van der Waals surface area contributed by atoms with Gasteiger partial charge in [0.1, 0.15) is 5.82 Å². The highest BCUT2D eigenvalue weighted by Crippen LogP contribution is 2.20. The number of halogens is 1. The van der Waals surface area contributed by atoms with Gasteiger partial charge >= 0.3 is 0 Å². The van der Waals surface area contributed by atoms with E-state index in [0.29, 0.717) is 17.3 Å². The van der Waals surface area contributed by atoms with Gasteiger partial charge in [0, 0.05) is 19.2 Å². The first-order valence-electron chi connectivity index (χ1n) is 6.34. The summed E-state index contributed by atoms with van der Waals surface area (Å²) in [6, 6.07) is 4.53. The van der Waals surface area contributed by atoms with Crippen molar-refractivity contribution >= 4 is 17.3 Å². The fourth-order valence-corrected chi connectivity index (χ4v) is 1.82. The molecule has 100 valence electrons. The number of nitrogens with one attached hydrogen (secondary N) is 2. The van der Waals surface area contributed by atoms with E-state index < -0.39 is 0 Å². The van der Waals surface area contributed by atoms with Gasteiger partial charge in [0.15, 0.2) is 0 Å². The molecule has 0 spiro atoms. The van der Waals surface area contributed by atoms with Crippen molar-refractivity contribution in [2.75, 3.05) is 17.2 Å². The van der Waals surface area contributed by atoms with Crippen molar-refractivity contribution < 1.29 is 9.18 Å². The Morgan fingerprint density at radius 1 is 1.44 bits per heavy atom. The molecule has 1 aromatic carbocycles. The first-order valence-corrected chi connectivity index (χ1v) is 6.34. The molecule has 0 aliphatic heterocycles. The Bertz CT molecular complexity index is 407. The lowest BCUT2D eigenvalue weighted by molar-refractivity contribution is -0.114. The zero-order chi connectivity index (χ0) is 13.5. The minimum atomic E-state index is -0.298. The van der Waals surface area contributed by atoms with E-state index in [4.69, 9.17) is 0 Å². The predicted molar refractivity (Wildman–Crippen MR) is 73.3 cm³/mol. The Morgan fingerprint density at radius 2 is 2.17 bits per heavy atom. The number of rotatable bonds is 6. The summed E-state index contributed by atoms with van der Waals surface area (Å²) in [5, 5.41) is 5.72. The van der Waals surface area contributed by atoms with Crippen LogP contribution in [0.25, 0.3) is 0 Å². The first kappa shape index (κ1) is 14.5. The van der Waals surface area contributed by atoms with E-state index in [-0.39, 0.29) is 11.7 Å². The van der Waals surface area contributed by atoms with Gasteiger partial charge in [-0.3, -0.25) is 4.79 Å². The summed E-state index contributed by atoms with van der Waals surface area (Å²) in [6.07, 6.45) is 2.23. The summed E-state index contributed by atoms with van der Waals surface area (Å²) >= 11 is 0. The maximum atomic E-state index is 13.6. The molecule has 1 rings (SSSR count). The Hall–Kier alpha value is -1.58. The summed E-state index contributed by atoms with van der Waals surface area (Å²) in [6.45, 7) is 6.43. The van der Waals surface area contributed by atoms with Crippen LogP contribution in [0.1, 0.15) is 33.6 Å². The van der Waals surface area contributed by atoms with Crippen LogP contribution in [-0.4, -0.2) is 12.5 Å². The molecule has 0 saturated carbocycles. The molecule has 1 atom stereocenters. The molecule has 2 N–H and O–H groups in total. The minimum Gasteiger partial charge on any atom is -0.382 e. The van der Waals surface area contributed by atoms with E-state index in [2.05, 4.69) is 24.5 Å². The molecule has 1 amide bonds. The highest BCUT2D eigenvalue weighted by atomic mass is 19.1. The van der Waals surface area contributed by atoms with Gasteiger partial charge in [-0.25, -0.2) is 4.39 Å². The zero-order valence-corrected chi connectivity index (χ0v) is 11.2. The second kappa shape index (κ2) is 6.99. The molecule has 0 aliphatic rings.